The summed E-state index contributed by atoms with van der Waals surface area (Å²) in [6.45, 7) is 5.24. The average molecular weight is 327 g/mol. The maximum absolute atomic E-state index is 12.5. The zero-order valence-electron chi connectivity index (χ0n) is 14.6. The van der Waals surface area contributed by atoms with Crippen molar-refractivity contribution in [2.24, 2.45) is 0 Å². The Hall–Kier alpha value is -2.33. The number of unbranched alkanes of at least 4 members (excludes halogenated alkanes) is 1. The number of rotatable bonds is 8. The number of aryl methyl sites for hydroxylation is 1. The highest BCUT2D eigenvalue weighted by Gasteiger charge is 2.11. The van der Waals surface area contributed by atoms with Crippen molar-refractivity contribution in [2.75, 3.05) is 19.0 Å². The van der Waals surface area contributed by atoms with Gasteiger partial charge in [-0.15, -0.1) is 0 Å². The van der Waals surface area contributed by atoms with Crippen LogP contribution in [0, 0.1) is 6.92 Å². The molecule has 0 aromatic heterocycles. The SMILES string of the molecule is CCCCOCc1cc(C(=O)Nc2ccccc2C)ccc1OC. The monoisotopic (exact) mass is 327 g/mol. The Labute approximate surface area is 143 Å². The summed E-state index contributed by atoms with van der Waals surface area (Å²) in [5, 5.41) is 2.95. The summed E-state index contributed by atoms with van der Waals surface area (Å²) in [7, 11) is 1.62. The second kappa shape index (κ2) is 9.08. The zero-order valence-corrected chi connectivity index (χ0v) is 14.6. The van der Waals surface area contributed by atoms with Crippen LogP contribution in [0.5, 0.6) is 5.75 Å². The Morgan fingerprint density at radius 1 is 1.17 bits per heavy atom. The number of para-hydroxylation sites is 1. The van der Waals surface area contributed by atoms with E-state index in [1.165, 1.54) is 0 Å². The van der Waals surface area contributed by atoms with E-state index in [-0.39, 0.29) is 5.91 Å². The molecule has 1 amide bonds. The third kappa shape index (κ3) is 4.83. The van der Waals surface area contributed by atoms with Crippen LogP contribution in [-0.4, -0.2) is 19.6 Å². The predicted molar refractivity (Wildman–Crippen MR) is 96.7 cm³/mol. The molecule has 2 rings (SSSR count). The molecule has 24 heavy (non-hydrogen) atoms. The van der Waals surface area contributed by atoms with Crippen molar-refractivity contribution in [2.45, 2.75) is 33.3 Å². The number of nitrogens with one attached hydrogen (secondary N) is 1. The van der Waals surface area contributed by atoms with Crippen LogP contribution >= 0.6 is 0 Å². The van der Waals surface area contributed by atoms with Gasteiger partial charge in [-0.3, -0.25) is 4.79 Å². The standard InChI is InChI=1S/C20H25NO3/c1-4-5-12-24-14-17-13-16(10-11-19(17)23-3)20(22)21-18-9-7-6-8-15(18)2/h6-11,13H,4-5,12,14H2,1-3H3,(H,21,22). The highest BCUT2D eigenvalue weighted by Crippen LogP contribution is 2.22. The normalized spacial score (nSPS) is 10.5. The van der Waals surface area contributed by atoms with Crippen LogP contribution in [0.4, 0.5) is 5.69 Å². The molecule has 0 aliphatic heterocycles. The minimum Gasteiger partial charge on any atom is -0.496 e. The van der Waals surface area contributed by atoms with Crippen molar-refractivity contribution in [3.8, 4) is 5.75 Å². The second-order valence-corrected chi connectivity index (χ2v) is 5.70. The number of hydrogen-bond donors (Lipinski definition) is 1. The highest BCUT2D eigenvalue weighted by atomic mass is 16.5. The van der Waals surface area contributed by atoms with Crippen molar-refractivity contribution in [3.63, 3.8) is 0 Å². The lowest BCUT2D eigenvalue weighted by Crippen LogP contribution is -2.13. The molecule has 128 valence electrons. The lowest BCUT2D eigenvalue weighted by molar-refractivity contribution is 0.102. The predicted octanol–water partition coefficient (Wildman–Crippen LogP) is 4.57. The van der Waals surface area contributed by atoms with Crippen molar-refractivity contribution in [3.05, 3.63) is 59.2 Å². The fourth-order valence-electron chi connectivity index (χ4n) is 2.37. The minimum absolute atomic E-state index is 0.137. The third-order valence-electron chi connectivity index (χ3n) is 3.84. The van der Waals surface area contributed by atoms with E-state index in [1.54, 1.807) is 13.2 Å². The maximum Gasteiger partial charge on any atom is 0.255 e. The van der Waals surface area contributed by atoms with E-state index < -0.39 is 0 Å². The summed E-state index contributed by atoms with van der Waals surface area (Å²) >= 11 is 0. The average Bonchev–Trinajstić information content (AvgIpc) is 2.60. The third-order valence-corrected chi connectivity index (χ3v) is 3.84. The van der Waals surface area contributed by atoms with Crippen LogP contribution < -0.4 is 10.1 Å². The summed E-state index contributed by atoms with van der Waals surface area (Å²) in [4.78, 5) is 12.5. The summed E-state index contributed by atoms with van der Waals surface area (Å²) in [6, 6.07) is 13.1. The van der Waals surface area contributed by atoms with Crippen molar-refractivity contribution in [1.82, 2.24) is 0 Å². The van der Waals surface area contributed by atoms with Crippen molar-refractivity contribution in [1.29, 1.82) is 0 Å². The molecule has 0 unspecified atom stereocenters. The molecule has 0 radical (unpaired) electrons. The summed E-state index contributed by atoms with van der Waals surface area (Å²) in [5.74, 6) is 0.598. The lowest BCUT2D eigenvalue weighted by atomic mass is 10.1. The van der Waals surface area contributed by atoms with E-state index in [1.807, 2.05) is 43.3 Å². The largest absolute Gasteiger partial charge is 0.496 e. The molecule has 2 aromatic rings. The molecule has 0 bridgehead atoms. The summed E-state index contributed by atoms with van der Waals surface area (Å²) in [5.41, 5.74) is 3.32. The topological polar surface area (TPSA) is 47.6 Å². The Bertz CT molecular complexity index is 682. The zero-order chi connectivity index (χ0) is 17.4. The first kappa shape index (κ1) is 18.0. The number of amides is 1. The lowest BCUT2D eigenvalue weighted by Gasteiger charge is -2.12. The van der Waals surface area contributed by atoms with Gasteiger partial charge in [-0.2, -0.15) is 0 Å². The molecule has 4 heteroatoms. The molecule has 4 nitrogen and oxygen atoms in total. The van der Waals surface area contributed by atoms with E-state index >= 15 is 0 Å². The second-order valence-electron chi connectivity index (χ2n) is 5.70. The number of hydrogen-bond acceptors (Lipinski definition) is 3. The van der Waals surface area contributed by atoms with Crippen molar-refractivity contribution < 1.29 is 14.3 Å². The molecule has 0 saturated heterocycles. The van der Waals surface area contributed by atoms with Gasteiger partial charge in [-0.25, -0.2) is 0 Å². The van der Waals surface area contributed by atoms with Crippen molar-refractivity contribution >= 4 is 11.6 Å². The van der Waals surface area contributed by atoms with Crippen LogP contribution in [0.15, 0.2) is 42.5 Å². The van der Waals surface area contributed by atoms with E-state index in [0.29, 0.717) is 18.8 Å². The Morgan fingerprint density at radius 3 is 2.67 bits per heavy atom. The Morgan fingerprint density at radius 2 is 1.96 bits per heavy atom. The van der Waals surface area contributed by atoms with Gasteiger partial charge in [-0.1, -0.05) is 31.5 Å². The van der Waals surface area contributed by atoms with Gasteiger partial charge in [0, 0.05) is 23.4 Å². The Kier molecular flexibility index (Phi) is 6.82. The molecule has 0 aliphatic carbocycles. The molecule has 0 aliphatic rings. The van der Waals surface area contributed by atoms with Gasteiger partial charge in [0.1, 0.15) is 5.75 Å². The number of methoxy groups -OCH3 is 1. The van der Waals surface area contributed by atoms with E-state index in [4.69, 9.17) is 9.47 Å². The van der Waals surface area contributed by atoms with Crippen LogP contribution in [0.25, 0.3) is 0 Å². The van der Waals surface area contributed by atoms with E-state index in [9.17, 15) is 4.79 Å². The maximum atomic E-state index is 12.5. The van der Waals surface area contributed by atoms with Crippen LogP contribution in [0.1, 0.15) is 41.3 Å². The van der Waals surface area contributed by atoms with Crippen LogP contribution in [0.2, 0.25) is 0 Å². The van der Waals surface area contributed by atoms with E-state index in [0.717, 1.165) is 35.4 Å². The number of ether oxygens (including phenoxy) is 2. The first-order valence-electron chi connectivity index (χ1n) is 8.27. The van der Waals surface area contributed by atoms with Gasteiger partial charge in [0.05, 0.1) is 13.7 Å². The van der Waals surface area contributed by atoms with Gasteiger partial charge in [-0.05, 0) is 43.2 Å². The Balaban J connectivity index is 2.11. The molecular weight excluding hydrogens is 302 g/mol. The summed E-state index contributed by atoms with van der Waals surface area (Å²) < 4.78 is 11.0. The molecule has 0 fully saturated rings. The van der Waals surface area contributed by atoms with Crippen LogP contribution in [0.3, 0.4) is 0 Å². The number of benzene rings is 2. The number of carbonyl (C=O) groups is 1. The fourth-order valence-corrected chi connectivity index (χ4v) is 2.37. The fraction of sp³-hybridized carbons (Fsp3) is 0.350. The van der Waals surface area contributed by atoms with Gasteiger partial charge < -0.3 is 14.8 Å². The van der Waals surface area contributed by atoms with Gasteiger partial charge in [0.25, 0.3) is 5.91 Å². The molecule has 0 saturated carbocycles. The minimum atomic E-state index is -0.137. The molecule has 2 aromatic carbocycles. The summed E-state index contributed by atoms with van der Waals surface area (Å²) in [6.07, 6.45) is 2.12. The molecular formula is C20H25NO3. The van der Waals surface area contributed by atoms with Gasteiger partial charge in [0.2, 0.25) is 0 Å². The molecule has 0 atom stereocenters. The number of anilines is 1. The quantitative estimate of drug-likeness (QED) is 0.722. The van der Waals surface area contributed by atoms with Gasteiger partial charge >= 0.3 is 0 Å². The van der Waals surface area contributed by atoms with E-state index in [2.05, 4.69) is 12.2 Å². The first-order valence-corrected chi connectivity index (χ1v) is 8.27. The van der Waals surface area contributed by atoms with Crippen LogP contribution in [-0.2, 0) is 11.3 Å². The number of carbonyl (C=O) groups excluding carboxylic acids is 1. The highest BCUT2D eigenvalue weighted by molar-refractivity contribution is 6.04. The smallest absolute Gasteiger partial charge is 0.255 e. The first-order chi connectivity index (χ1) is 11.7. The molecule has 0 heterocycles. The molecule has 0 spiro atoms. The van der Waals surface area contributed by atoms with Gasteiger partial charge in [0.15, 0.2) is 0 Å². The molecule has 1 N–H and O–H groups in total.